The first-order chi connectivity index (χ1) is 8.15. The van der Waals surface area contributed by atoms with E-state index in [9.17, 15) is 0 Å². The van der Waals surface area contributed by atoms with Gasteiger partial charge < -0.3 is 4.57 Å². The Morgan fingerprint density at radius 3 is 2.82 bits per heavy atom. The molecule has 17 heavy (non-hydrogen) atoms. The molecule has 2 heterocycles. The van der Waals surface area contributed by atoms with Crippen LogP contribution in [-0.2, 0) is 7.05 Å². The molecule has 0 radical (unpaired) electrons. The minimum Gasteiger partial charge on any atom is -0.331 e. The van der Waals surface area contributed by atoms with Crippen LogP contribution in [0.15, 0.2) is 28.6 Å². The maximum absolute atomic E-state index is 4.53. The average molecular weight is 261 g/mol. The lowest BCUT2D eigenvalue weighted by Gasteiger charge is -1.98. The molecule has 5 heteroatoms. The molecule has 3 aromatic rings. The predicted molar refractivity (Wildman–Crippen MR) is 73.8 cm³/mol. The molecule has 2 aromatic heterocycles. The largest absolute Gasteiger partial charge is 0.331 e. The molecule has 86 valence electrons. The molecule has 0 saturated carbocycles. The van der Waals surface area contributed by atoms with E-state index in [4.69, 9.17) is 0 Å². The van der Waals surface area contributed by atoms with Crippen LogP contribution in [-0.4, -0.2) is 14.5 Å². The van der Waals surface area contributed by atoms with Crippen molar-refractivity contribution in [3.63, 3.8) is 0 Å². The fourth-order valence-corrected chi connectivity index (χ4v) is 2.86. The van der Waals surface area contributed by atoms with Crippen LogP contribution in [0, 0.1) is 6.92 Å². The summed E-state index contributed by atoms with van der Waals surface area (Å²) in [6, 6.07) is 6.24. The zero-order valence-corrected chi connectivity index (χ0v) is 11.2. The molecule has 0 aliphatic carbocycles. The molecular weight excluding hydrogens is 250 g/mol. The lowest BCUT2D eigenvalue weighted by molar-refractivity contribution is 0.886. The van der Waals surface area contributed by atoms with Gasteiger partial charge in [0, 0.05) is 18.0 Å². The average Bonchev–Trinajstić information content (AvgIpc) is 2.85. The van der Waals surface area contributed by atoms with Crippen LogP contribution >= 0.6 is 24.0 Å². The molecule has 0 amide bonds. The van der Waals surface area contributed by atoms with E-state index in [1.807, 2.05) is 19.4 Å². The van der Waals surface area contributed by atoms with E-state index in [2.05, 4.69) is 45.4 Å². The van der Waals surface area contributed by atoms with Gasteiger partial charge >= 0.3 is 0 Å². The number of benzene rings is 1. The number of fused-ring (bicyclic) bond motifs is 1. The summed E-state index contributed by atoms with van der Waals surface area (Å²) in [5, 5.41) is 3.69. The Labute approximate surface area is 109 Å². The third-order valence-corrected chi connectivity index (χ3v) is 4.14. The summed E-state index contributed by atoms with van der Waals surface area (Å²) < 4.78 is 2.09. The highest BCUT2D eigenvalue weighted by molar-refractivity contribution is 7.80. The number of rotatable bonds is 1. The Hall–Kier alpha value is -1.33. The lowest BCUT2D eigenvalue weighted by Crippen LogP contribution is -1.89. The number of imidazole rings is 1. The van der Waals surface area contributed by atoms with E-state index in [0.717, 1.165) is 32.5 Å². The molecule has 3 nitrogen and oxygen atoms in total. The standard InChI is InChI=1S/C12H11N3S2/c1-7-13-9-5-8(3-4-10(9)15(7)2)12-14-11(16)6-17-12/h3-6,16H,1-2H3. The molecule has 0 fully saturated rings. The van der Waals surface area contributed by atoms with Crippen molar-refractivity contribution in [3.05, 3.63) is 29.4 Å². The Bertz CT molecular complexity index is 697. The van der Waals surface area contributed by atoms with Gasteiger partial charge in [0.1, 0.15) is 15.9 Å². The molecule has 0 spiro atoms. The van der Waals surface area contributed by atoms with Crippen molar-refractivity contribution in [3.8, 4) is 10.6 Å². The number of aromatic nitrogens is 3. The normalized spacial score (nSPS) is 11.2. The van der Waals surface area contributed by atoms with Crippen molar-refractivity contribution in [1.29, 1.82) is 0 Å². The van der Waals surface area contributed by atoms with Crippen LogP contribution < -0.4 is 0 Å². The molecule has 0 aliphatic rings. The minimum absolute atomic E-state index is 0.766. The molecule has 0 saturated heterocycles. The third kappa shape index (κ3) is 1.75. The Morgan fingerprint density at radius 1 is 1.29 bits per heavy atom. The summed E-state index contributed by atoms with van der Waals surface area (Å²) in [4.78, 5) is 8.89. The van der Waals surface area contributed by atoms with Crippen molar-refractivity contribution in [2.24, 2.45) is 7.05 Å². The molecule has 0 atom stereocenters. The highest BCUT2D eigenvalue weighted by Crippen LogP contribution is 2.27. The minimum atomic E-state index is 0.766. The summed E-state index contributed by atoms with van der Waals surface area (Å²) >= 11 is 5.83. The third-order valence-electron chi connectivity index (χ3n) is 2.84. The van der Waals surface area contributed by atoms with Gasteiger partial charge in [-0.3, -0.25) is 0 Å². The van der Waals surface area contributed by atoms with Gasteiger partial charge in [0.2, 0.25) is 0 Å². The summed E-state index contributed by atoms with van der Waals surface area (Å²) in [5.74, 6) is 1.02. The van der Waals surface area contributed by atoms with Gasteiger partial charge in [-0.25, -0.2) is 9.97 Å². The summed E-state index contributed by atoms with van der Waals surface area (Å²) in [6.45, 7) is 2.01. The van der Waals surface area contributed by atoms with Gasteiger partial charge in [0.25, 0.3) is 0 Å². The van der Waals surface area contributed by atoms with E-state index in [-0.39, 0.29) is 0 Å². The van der Waals surface area contributed by atoms with Gasteiger partial charge in [0.05, 0.1) is 11.0 Å². The number of hydrogen-bond acceptors (Lipinski definition) is 4. The first-order valence-corrected chi connectivity index (χ1v) is 6.56. The van der Waals surface area contributed by atoms with Crippen LogP contribution in [0.25, 0.3) is 21.6 Å². The van der Waals surface area contributed by atoms with E-state index in [0.29, 0.717) is 0 Å². The SMILES string of the molecule is Cc1nc2cc(-c3nc(S)cs3)ccc2n1C. The van der Waals surface area contributed by atoms with Crippen LogP contribution in [0.5, 0.6) is 0 Å². The van der Waals surface area contributed by atoms with Crippen LogP contribution in [0.2, 0.25) is 0 Å². The fourth-order valence-electron chi connectivity index (χ4n) is 1.85. The smallest absolute Gasteiger partial charge is 0.124 e. The summed E-state index contributed by atoms with van der Waals surface area (Å²) in [5.41, 5.74) is 3.26. The maximum atomic E-state index is 4.53. The number of hydrogen-bond donors (Lipinski definition) is 1. The highest BCUT2D eigenvalue weighted by Gasteiger charge is 2.08. The zero-order valence-electron chi connectivity index (χ0n) is 9.51. The van der Waals surface area contributed by atoms with Gasteiger partial charge in [-0.2, -0.15) is 0 Å². The van der Waals surface area contributed by atoms with E-state index in [1.165, 1.54) is 0 Å². The first kappa shape index (κ1) is 10.8. The molecule has 3 rings (SSSR count). The van der Waals surface area contributed by atoms with Crippen molar-refractivity contribution in [1.82, 2.24) is 14.5 Å². The molecule has 0 N–H and O–H groups in total. The summed E-state index contributed by atoms with van der Waals surface area (Å²) in [7, 11) is 2.03. The molecule has 0 aliphatic heterocycles. The Kier molecular flexibility index (Phi) is 2.45. The molecule has 0 unspecified atom stereocenters. The first-order valence-electron chi connectivity index (χ1n) is 5.23. The van der Waals surface area contributed by atoms with E-state index >= 15 is 0 Å². The zero-order chi connectivity index (χ0) is 12.0. The highest BCUT2D eigenvalue weighted by atomic mass is 32.1. The molecule has 1 aromatic carbocycles. The van der Waals surface area contributed by atoms with Gasteiger partial charge in [0.15, 0.2) is 0 Å². The number of aryl methyl sites for hydroxylation is 2. The maximum Gasteiger partial charge on any atom is 0.124 e. The van der Waals surface area contributed by atoms with Crippen molar-refractivity contribution < 1.29 is 0 Å². The Morgan fingerprint density at radius 2 is 2.12 bits per heavy atom. The topological polar surface area (TPSA) is 30.7 Å². The number of thiol groups is 1. The van der Waals surface area contributed by atoms with Gasteiger partial charge in [-0.15, -0.1) is 24.0 Å². The van der Waals surface area contributed by atoms with Crippen molar-refractivity contribution >= 4 is 35.0 Å². The molecule has 0 bridgehead atoms. The fraction of sp³-hybridized carbons (Fsp3) is 0.167. The lowest BCUT2D eigenvalue weighted by atomic mass is 10.2. The quantitative estimate of drug-likeness (QED) is 0.681. The van der Waals surface area contributed by atoms with E-state index in [1.54, 1.807) is 11.3 Å². The van der Waals surface area contributed by atoms with Crippen LogP contribution in [0.3, 0.4) is 0 Å². The molecular formula is C12H11N3S2. The van der Waals surface area contributed by atoms with Gasteiger partial charge in [-0.05, 0) is 25.1 Å². The van der Waals surface area contributed by atoms with Crippen molar-refractivity contribution in [2.45, 2.75) is 11.9 Å². The number of nitrogens with zero attached hydrogens (tertiary/aromatic N) is 3. The van der Waals surface area contributed by atoms with E-state index < -0.39 is 0 Å². The van der Waals surface area contributed by atoms with Gasteiger partial charge in [-0.1, -0.05) is 0 Å². The second-order valence-electron chi connectivity index (χ2n) is 3.93. The monoisotopic (exact) mass is 261 g/mol. The predicted octanol–water partition coefficient (Wildman–Crippen LogP) is 3.29. The van der Waals surface area contributed by atoms with Crippen molar-refractivity contribution in [2.75, 3.05) is 0 Å². The second-order valence-corrected chi connectivity index (χ2v) is 5.25. The second kappa shape index (κ2) is 3.85. The van der Waals surface area contributed by atoms with Crippen LogP contribution in [0.1, 0.15) is 5.82 Å². The summed E-state index contributed by atoms with van der Waals surface area (Å²) in [6.07, 6.45) is 0. The number of thiazole rings is 1. The van der Waals surface area contributed by atoms with Crippen LogP contribution in [0.4, 0.5) is 0 Å². The Balaban J connectivity index is 2.20.